The van der Waals surface area contributed by atoms with Gasteiger partial charge in [0, 0.05) is 13.0 Å². The summed E-state index contributed by atoms with van der Waals surface area (Å²) in [5.41, 5.74) is 0.788. The van der Waals surface area contributed by atoms with Gasteiger partial charge in [0.05, 0.1) is 21.2 Å². The number of nitrogens with zero attached hydrogens (tertiary/aromatic N) is 1. The quantitative estimate of drug-likeness (QED) is 0.366. The van der Waals surface area contributed by atoms with Gasteiger partial charge in [-0.15, -0.1) is 0 Å². The lowest BCUT2D eigenvalue weighted by atomic mass is 10.1. The van der Waals surface area contributed by atoms with E-state index in [4.69, 9.17) is 32.7 Å². The van der Waals surface area contributed by atoms with Crippen LogP contribution in [0.25, 0.3) is 0 Å². The molecule has 1 aliphatic heterocycles. The summed E-state index contributed by atoms with van der Waals surface area (Å²) in [4.78, 5) is 37.4. The van der Waals surface area contributed by atoms with Gasteiger partial charge in [-0.1, -0.05) is 41.4 Å². The Morgan fingerprint density at radius 1 is 0.893 bits per heavy atom. The minimum Gasteiger partial charge on any atom is -0.487 e. The molecule has 0 saturated carbocycles. The first-order valence-electron chi connectivity index (χ1n) is 8.66. The SMILES string of the molecule is O=C(CCCN1C(=O)c2ccccc2C1=O)OCCOc1c(Cl)cccc1Cl. The number of fused-ring (bicyclic) bond motifs is 1. The Bertz CT molecular complexity index is 860. The number of amides is 2. The van der Waals surface area contributed by atoms with Crippen LogP contribution in [0.15, 0.2) is 42.5 Å². The number of halogens is 2. The maximum atomic E-state index is 12.2. The first-order valence-corrected chi connectivity index (χ1v) is 9.42. The standard InChI is InChI=1S/C20H17Cl2NO5/c21-15-7-3-8-16(22)18(15)28-12-11-27-17(24)9-4-10-23-19(25)13-5-1-2-6-14(13)20(23)26/h1-3,5-8H,4,9-12H2. The third-order valence-corrected chi connectivity index (χ3v) is 4.75. The molecule has 2 aromatic rings. The van der Waals surface area contributed by atoms with Gasteiger partial charge in [0.25, 0.3) is 11.8 Å². The molecule has 146 valence electrons. The van der Waals surface area contributed by atoms with E-state index in [-0.39, 0.29) is 38.0 Å². The van der Waals surface area contributed by atoms with Crippen LogP contribution in [-0.2, 0) is 9.53 Å². The van der Waals surface area contributed by atoms with E-state index in [0.29, 0.717) is 33.3 Å². The second-order valence-corrected chi connectivity index (χ2v) is 6.85. The van der Waals surface area contributed by atoms with Crippen molar-refractivity contribution in [2.45, 2.75) is 12.8 Å². The molecule has 0 radical (unpaired) electrons. The van der Waals surface area contributed by atoms with E-state index in [9.17, 15) is 14.4 Å². The van der Waals surface area contributed by atoms with Crippen LogP contribution >= 0.6 is 23.2 Å². The average molecular weight is 422 g/mol. The summed E-state index contributed by atoms with van der Waals surface area (Å²) in [5, 5.41) is 0.750. The molecule has 0 spiro atoms. The molecular formula is C20H17Cl2NO5. The number of hydrogen-bond acceptors (Lipinski definition) is 5. The summed E-state index contributed by atoms with van der Waals surface area (Å²) >= 11 is 12.0. The van der Waals surface area contributed by atoms with Gasteiger partial charge in [0.1, 0.15) is 13.2 Å². The van der Waals surface area contributed by atoms with Gasteiger partial charge in [0.2, 0.25) is 0 Å². The van der Waals surface area contributed by atoms with E-state index in [2.05, 4.69) is 0 Å². The summed E-state index contributed by atoms with van der Waals surface area (Å²) in [6.07, 6.45) is 0.405. The van der Waals surface area contributed by atoms with Crippen molar-refractivity contribution in [2.24, 2.45) is 0 Å². The Morgan fingerprint density at radius 2 is 1.50 bits per heavy atom. The first kappa shape index (κ1) is 20.2. The maximum Gasteiger partial charge on any atom is 0.305 e. The lowest BCUT2D eigenvalue weighted by Crippen LogP contribution is -2.31. The predicted molar refractivity (Wildman–Crippen MR) is 104 cm³/mol. The minimum atomic E-state index is -0.439. The Kier molecular flexibility index (Phi) is 6.54. The van der Waals surface area contributed by atoms with Crippen molar-refractivity contribution in [3.8, 4) is 5.75 Å². The van der Waals surface area contributed by atoms with Gasteiger partial charge in [-0.3, -0.25) is 19.3 Å². The van der Waals surface area contributed by atoms with E-state index in [0.717, 1.165) is 4.90 Å². The smallest absolute Gasteiger partial charge is 0.305 e. The molecule has 0 unspecified atom stereocenters. The van der Waals surface area contributed by atoms with Crippen molar-refractivity contribution >= 4 is 41.0 Å². The molecule has 0 bridgehead atoms. The number of ether oxygens (including phenoxy) is 2. The van der Waals surface area contributed by atoms with E-state index in [1.165, 1.54) is 0 Å². The van der Waals surface area contributed by atoms with Gasteiger partial charge >= 0.3 is 5.97 Å². The zero-order chi connectivity index (χ0) is 20.1. The minimum absolute atomic E-state index is 0.0351. The highest BCUT2D eigenvalue weighted by atomic mass is 35.5. The van der Waals surface area contributed by atoms with Crippen molar-refractivity contribution in [2.75, 3.05) is 19.8 Å². The molecule has 6 nitrogen and oxygen atoms in total. The monoisotopic (exact) mass is 421 g/mol. The van der Waals surface area contributed by atoms with Crippen LogP contribution in [0.3, 0.4) is 0 Å². The topological polar surface area (TPSA) is 72.9 Å². The molecule has 0 saturated heterocycles. The largest absolute Gasteiger partial charge is 0.487 e. The van der Waals surface area contributed by atoms with Crippen LogP contribution in [0.4, 0.5) is 0 Å². The molecule has 0 aromatic heterocycles. The summed E-state index contributed by atoms with van der Waals surface area (Å²) in [5.74, 6) is -0.768. The third-order valence-electron chi connectivity index (χ3n) is 4.15. The fourth-order valence-electron chi connectivity index (χ4n) is 2.82. The zero-order valence-corrected chi connectivity index (χ0v) is 16.3. The summed E-state index contributed by atoms with van der Waals surface area (Å²) in [7, 11) is 0. The van der Waals surface area contributed by atoms with Gasteiger partial charge < -0.3 is 9.47 Å². The lowest BCUT2D eigenvalue weighted by Gasteiger charge is -2.13. The number of rotatable bonds is 8. The third kappa shape index (κ3) is 4.46. The van der Waals surface area contributed by atoms with Crippen molar-refractivity contribution in [3.63, 3.8) is 0 Å². The Balaban J connectivity index is 1.38. The normalized spacial score (nSPS) is 12.9. The number of para-hydroxylation sites is 1. The van der Waals surface area contributed by atoms with Crippen LogP contribution < -0.4 is 4.74 Å². The van der Waals surface area contributed by atoms with Crippen molar-refractivity contribution < 1.29 is 23.9 Å². The highest BCUT2D eigenvalue weighted by Gasteiger charge is 2.34. The van der Waals surface area contributed by atoms with Gasteiger partial charge in [-0.05, 0) is 30.7 Å². The van der Waals surface area contributed by atoms with E-state index in [1.54, 1.807) is 42.5 Å². The number of esters is 1. The second-order valence-electron chi connectivity index (χ2n) is 6.03. The van der Waals surface area contributed by atoms with Crippen LogP contribution in [0.1, 0.15) is 33.6 Å². The summed E-state index contributed by atoms with van der Waals surface area (Å²) < 4.78 is 10.5. The van der Waals surface area contributed by atoms with Crippen LogP contribution in [0, 0.1) is 0 Å². The van der Waals surface area contributed by atoms with Gasteiger partial charge in [-0.25, -0.2) is 0 Å². The van der Waals surface area contributed by atoms with Crippen LogP contribution in [0.5, 0.6) is 5.75 Å². The molecule has 0 atom stereocenters. The fourth-order valence-corrected chi connectivity index (χ4v) is 3.32. The van der Waals surface area contributed by atoms with E-state index < -0.39 is 5.97 Å². The summed E-state index contributed by atoms with van der Waals surface area (Å²) in [6, 6.07) is 11.7. The number of carbonyl (C=O) groups is 3. The molecule has 28 heavy (non-hydrogen) atoms. The zero-order valence-electron chi connectivity index (χ0n) is 14.8. The number of benzene rings is 2. The molecule has 8 heteroatoms. The molecule has 2 amide bonds. The molecular weight excluding hydrogens is 405 g/mol. The van der Waals surface area contributed by atoms with Crippen LogP contribution in [-0.4, -0.2) is 42.4 Å². The molecule has 1 aliphatic rings. The van der Waals surface area contributed by atoms with E-state index >= 15 is 0 Å². The highest BCUT2D eigenvalue weighted by molar-refractivity contribution is 6.37. The molecule has 2 aromatic carbocycles. The Labute approximate surface area is 171 Å². The Morgan fingerprint density at radius 3 is 2.11 bits per heavy atom. The fraction of sp³-hybridized carbons (Fsp3) is 0.250. The molecule has 0 N–H and O–H groups in total. The lowest BCUT2D eigenvalue weighted by molar-refractivity contribution is -0.144. The summed E-state index contributed by atoms with van der Waals surface area (Å²) in [6.45, 7) is 0.300. The van der Waals surface area contributed by atoms with E-state index in [1.807, 2.05) is 0 Å². The molecule has 3 rings (SSSR count). The highest BCUT2D eigenvalue weighted by Crippen LogP contribution is 2.32. The number of carbonyl (C=O) groups excluding carboxylic acids is 3. The number of imide groups is 1. The number of hydrogen-bond donors (Lipinski definition) is 0. The first-order chi connectivity index (χ1) is 13.5. The van der Waals surface area contributed by atoms with Gasteiger partial charge in [-0.2, -0.15) is 0 Å². The average Bonchev–Trinajstić information content (AvgIpc) is 2.92. The Hall–Kier alpha value is -2.57. The second kappa shape index (κ2) is 9.08. The molecule has 0 fully saturated rings. The molecule has 1 heterocycles. The van der Waals surface area contributed by atoms with Crippen molar-refractivity contribution in [1.29, 1.82) is 0 Å². The van der Waals surface area contributed by atoms with Crippen molar-refractivity contribution in [3.05, 3.63) is 63.6 Å². The predicted octanol–water partition coefficient (Wildman–Crippen LogP) is 3.99. The maximum absolute atomic E-state index is 12.2. The molecule has 0 aliphatic carbocycles. The van der Waals surface area contributed by atoms with Gasteiger partial charge in [0.15, 0.2) is 5.75 Å². The van der Waals surface area contributed by atoms with Crippen LogP contribution in [0.2, 0.25) is 10.0 Å². The van der Waals surface area contributed by atoms with Crippen molar-refractivity contribution in [1.82, 2.24) is 4.90 Å².